The van der Waals surface area contributed by atoms with Crippen molar-refractivity contribution in [2.45, 2.75) is 25.8 Å². The molecule has 0 spiro atoms. The molecule has 4 rings (SSSR count). The van der Waals surface area contributed by atoms with E-state index in [1.54, 1.807) is 6.20 Å². The molecule has 7 nitrogen and oxygen atoms in total. The second kappa shape index (κ2) is 8.02. The van der Waals surface area contributed by atoms with Gasteiger partial charge in [0, 0.05) is 49.9 Å². The molecule has 0 bridgehead atoms. The molecule has 4 heterocycles. The van der Waals surface area contributed by atoms with Crippen LogP contribution in [0.1, 0.15) is 37.1 Å². The van der Waals surface area contributed by atoms with E-state index in [0.29, 0.717) is 5.92 Å². The van der Waals surface area contributed by atoms with Crippen LogP contribution in [0, 0.1) is 0 Å². The highest BCUT2D eigenvalue weighted by Gasteiger charge is 2.23. The molecule has 3 aromatic rings. The third-order valence-corrected chi connectivity index (χ3v) is 5.02. The van der Waals surface area contributed by atoms with E-state index in [-0.39, 0.29) is 6.04 Å². The minimum Gasteiger partial charge on any atom is -0.379 e. The number of anilines is 1. The lowest BCUT2D eigenvalue weighted by molar-refractivity contribution is 0.0187. The number of morpholine rings is 1. The zero-order chi connectivity index (χ0) is 18.6. The Bertz CT molecular complexity index is 873. The molecule has 1 aliphatic rings. The van der Waals surface area contributed by atoms with Crippen molar-refractivity contribution in [1.29, 1.82) is 0 Å². The number of hydrogen-bond acceptors (Lipinski definition) is 6. The molecule has 0 radical (unpaired) electrons. The van der Waals surface area contributed by atoms with Gasteiger partial charge in [0.05, 0.1) is 25.5 Å². The summed E-state index contributed by atoms with van der Waals surface area (Å²) in [5, 5.41) is 8.05. The van der Waals surface area contributed by atoms with Crippen LogP contribution in [0.5, 0.6) is 0 Å². The standard InChI is InChI=1S/C20H26N6O/c1-15(2)17-13-20(26-19(24-17)5-8-23-26)22-14-18(16-3-6-21-7-4-16)25-9-11-27-12-10-25/h3-8,13,15,18,22H,9-12,14H2,1-2H3/t18-/m0/s1. The van der Waals surface area contributed by atoms with Gasteiger partial charge in [-0.15, -0.1) is 0 Å². The van der Waals surface area contributed by atoms with E-state index in [9.17, 15) is 0 Å². The second-order valence-corrected chi connectivity index (χ2v) is 7.15. The third-order valence-electron chi connectivity index (χ3n) is 5.02. The van der Waals surface area contributed by atoms with Crippen LogP contribution in [0.2, 0.25) is 0 Å². The minimum atomic E-state index is 0.248. The lowest BCUT2D eigenvalue weighted by Gasteiger charge is -2.35. The highest BCUT2D eigenvalue weighted by atomic mass is 16.5. The van der Waals surface area contributed by atoms with Gasteiger partial charge >= 0.3 is 0 Å². The molecule has 1 saturated heterocycles. The van der Waals surface area contributed by atoms with Gasteiger partial charge in [-0.25, -0.2) is 4.98 Å². The van der Waals surface area contributed by atoms with Crippen molar-refractivity contribution in [2.75, 3.05) is 38.2 Å². The number of rotatable bonds is 6. The van der Waals surface area contributed by atoms with Gasteiger partial charge in [-0.1, -0.05) is 13.8 Å². The maximum absolute atomic E-state index is 5.54. The van der Waals surface area contributed by atoms with Crippen LogP contribution in [-0.4, -0.2) is 57.3 Å². The molecule has 0 unspecified atom stereocenters. The van der Waals surface area contributed by atoms with E-state index in [1.807, 2.05) is 23.0 Å². The zero-order valence-electron chi connectivity index (χ0n) is 15.9. The number of fused-ring (bicyclic) bond motifs is 1. The highest BCUT2D eigenvalue weighted by Crippen LogP contribution is 2.24. The van der Waals surface area contributed by atoms with Gasteiger partial charge in [0.2, 0.25) is 0 Å². The van der Waals surface area contributed by atoms with Crippen molar-refractivity contribution < 1.29 is 4.74 Å². The van der Waals surface area contributed by atoms with E-state index in [0.717, 1.165) is 50.0 Å². The molecule has 1 atom stereocenters. The van der Waals surface area contributed by atoms with Crippen LogP contribution >= 0.6 is 0 Å². The Hall–Kier alpha value is -2.51. The van der Waals surface area contributed by atoms with Crippen LogP contribution < -0.4 is 5.32 Å². The molecule has 1 N–H and O–H groups in total. The topological polar surface area (TPSA) is 67.6 Å². The molecule has 27 heavy (non-hydrogen) atoms. The van der Waals surface area contributed by atoms with Gasteiger partial charge in [-0.05, 0) is 23.6 Å². The highest BCUT2D eigenvalue weighted by molar-refractivity contribution is 5.49. The molecule has 0 aromatic carbocycles. The fourth-order valence-corrected chi connectivity index (χ4v) is 3.49. The van der Waals surface area contributed by atoms with Crippen LogP contribution in [-0.2, 0) is 4.74 Å². The number of nitrogens with one attached hydrogen (secondary N) is 1. The van der Waals surface area contributed by atoms with E-state index in [1.165, 1.54) is 5.56 Å². The van der Waals surface area contributed by atoms with Gasteiger partial charge in [0.1, 0.15) is 5.82 Å². The molecule has 0 aliphatic carbocycles. The average Bonchev–Trinajstić information content (AvgIpc) is 3.18. The molecule has 0 saturated carbocycles. The maximum Gasteiger partial charge on any atom is 0.157 e. The predicted molar refractivity (Wildman–Crippen MR) is 105 cm³/mol. The minimum absolute atomic E-state index is 0.248. The molecule has 0 amide bonds. The largest absolute Gasteiger partial charge is 0.379 e. The van der Waals surface area contributed by atoms with E-state index < -0.39 is 0 Å². The Morgan fingerprint density at radius 3 is 2.63 bits per heavy atom. The van der Waals surface area contributed by atoms with Crippen LogP contribution in [0.15, 0.2) is 42.9 Å². The molecule has 142 valence electrons. The van der Waals surface area contributed by atoms with Gasteiger partial charge in [0.15, 0.2) is 5.65 Å². The van der Waals surface area contributed by atoms with Gasteiger partial charge in [-0.3, -0.25) is 9.88 Å². The Morgan fingerprint density at radius 2 is 1.89 bits per heavy atom. The molecule has 1 fully saturated rings. The summed E-state index contributed by atoms with van der Waals surface area (Å²) in [5.74, 6) is 1.33. The van der Waals surface area contributed by atoms with Crippen molar-refractivity contribution >= 4 is 11.5 Å². The van der Waals surface area contributed by atoms with Gasteiger partial charge < -0.3 is 10.1 Å². The lowest BCUT2D eigenvalue weighted by Crippen LogP contribution is -2.41. The summed E-state index contributed by atoms with van der Waals surface area (Å²) < 4.78 is 7.41. The number of hydrogen-bond donors (Lipinski definition) is 1. The van der Waals surface area contributed by atoms with Gasteiger partial charge in [0.25, 0.3) is 0 Å². The molecular formula is C20H26N6O. The molecule has 3 aromatic heterocycles. The Labute approximate surface area is 159 Å². The van der Waals surface area contributed by atoms with Crippen molar-refractivity contribution in [1.82, 2.24) is 24.5 Å². The quantitative estimate of drug-likeness (QED) is 0.724. The van der Waals surface area contributed by atoms with Crippen molar-refractivity contribution in [3.63, 3.8) is 0 Å². The molecule has 1 aliphatic heterocycles. The summed E-state index contributed by atoms with van der Waals surface area (Å²) in [6, 6.07) is 8.49. The lowest BCUT2D eigenvalue weighted by atomic mass is 10.1. The second-order valence-electron chi connectivity index (χ2n) is 7.15. The summed E-state index contributed by atoms with van der Waals surface area (Å²) in [7, 11) is 0. The average molecular weight is 366 g/mol. The van der Waals surface area contributed by atoms with Crippen molar-refractivity contribution in [2.24, 2.45) is 0 Å². The summed E-state index contributed by atoms with van der Waals surface area (Å²) >= 11 is 0. The smallest absolute Gasteiger partial charge is 0.157 e. The van der Waals surface area contributed by atoms with E-state index in [4.69, 9.17) is 9.72 Å². The van der Waals surface area contributed by atoms with Crippen molar-refractivity contribution in [3.05, 3.63) is 54.1 Å². The third kappa shape index (κ3) is 3.94. The van der Waals surface area contributed by atoms with Crippen LogP contribution in [0.4, 0.5) is 5.82 Å². The van der Waals surface area contributed by atoms with Crippen LogP contribution in [0.3, 0.4) is 0 Å². The Morgan fingerprint density at radius 1 is 1.11 bits per heavy atom. The summed E-state index contributed by atoms with van der Waals surface area (Å²) in [5.41, 5.74) is 3.20. The fourth-order valence-electron chi connectivity index (χ4n) is 3.49. The monoisotopic (exact) mass is 366 g/mol. The Kier molecular flexibility index (Phi) is 5.31. The molecular weight excluding hydrogens is 340 g/mol. The SMILES string of the molecule is CC(C)c1cc(NC[C@@H](c2ccncc2)N2CCOCC2)n2nccc2n1. The van der Waals surface area contributed by atoms with E-state index >= 15 is 0 Å². The van der Waals surface area contributed by atoms with Crippen LogP contribution in [0.25, 0.3) is 5.65 Å². The first-order valence-corrected chi connectivity index (χ1v) is 9.52. The van der Waals surface area contributed by atoms with Crippen molar-refractivity contribution in [3.8, 4) is 0 Å². The first kappa shape index (κ1) is 17.9. The Balaban J connectivity index is 1.61. The zero-order valence-corrected chi connectivity index (χ0v) is 15.9. The number of aromatic nitrogens is 4. The number of nitrogens with zero attached hydrogens (tertiary/aromatic N) is 5. The number of ether oxygens (including phenoxy) is 1. The first-order valence-electron chi connectivity index (χ1n) is 9.52. The van der Waals surface area contributed by atoms with Gasteiger partial charge in [-0.2, -0.15) is 9.61 Å². The molecule has 7 heteroatoms. The first-order chi connectivity index (χ1) is 13.2. The fraction of sp³-hybridized carbons (Fsp3) is 0.450. The summed E-state index contributed by atoms with van der Waals surface area (Å²) in [4.78, 5) is 11.3. The van der Waals surface area contributed by atoms with E-state index in [2.05, 4.69) is 52.3 Å². The number of pyridine rings is 1. The normalized spacial score (nSPS) is 16.7. The summed E-state index contributed by atoms with van der Waals surface area (Å²) in [6.45, 7) is 8.51. The predicted octanol–water partition coefficient (Wildman–Crippen LogP) is 2.73. The summed E-state index contributed by atoms with van der Waals surface area (Å²) in [6.07, 6.45) is 5.51. The maximum atomic E-state index is 5.54.